The van der Waals surface area contributed by atoms with Crippen LogP contribution >= 0.6 is 11.3 Å². The SMILES string of the molecule is Cc1ncsc1CN(C)CC1(CNC(C)C)CCOC1. The zero-order chi connectivity index (χ0) is 14.6. The first-order chi connectivity index (χ1) is 9.51. The zero-order valence-electron chi connectivity index (χ0n) is 13.1. The Bertz CT molecular complexity index is 413. The van der Waals surface area contributed by atoms with Gasteiger partial charge >= 0.3 is 0 Å². The molecule has 0 amide bonds. The largest absolute Gasteiger partial charge is 0.381 e. The normalized spacial score (nSPS) is 23.1. The van der Waals surface area contributed by atoms with Gasteiger partial charge in [-0.1, -0.05) is 13.8 Å². The maximum absolute atomic E-state index is 5.68. The van der Waals surface area contributed by atoms with Gasteiger partial charge in [-0.15, -0.1) is 11.3 Å². The second kappa shape index (κ2) is 6.98. The molecule has 1 saturated heterocycles. The van der Waals surface area contributed by atoms with Gasteiger partial charge in [-0.05, 0) is 20.4 Å². The molecule has 5 heteroatoms. The highest BCUT2D eigenvalue weighted by atomic mass is 32.1. The molecule has 1 aliphatic heterocycles. The lowest BCUT2D eigenvalue weighted by Gasteiger charge is -2.33. The van der Waals surface area contributed by atoms with Gasteiger partial charge in [0.2, 0.25) is 0 Å². The Labute approximate surface area is 126 Å². The monoisotopic (exact) mass is 297 g/mol. The highest BCUT2D eigenvalue weighted by molar-refractivity contribution is 7.09. The Morgan fingerprint density at radius 1 is 1.55 bits per heavy atom. The first-order valence-corrected chi connectivity index (χ1v) is 8.27. The van der Waals surface area contributed by atoms with Gasteiger partial charge in [0, 0.05) is 42.6 Å². The van der Waals surface area contributed by atoms with Crippen LogP contribution in [0.2, 0.25) is 0 Å². The highest BCUT2D eigenvalue weighted by Gasteiger charge is 2.36. The van der Waals surface area contributed by atoms with Crippen LogP contribution < -0.4 is 5.32 Å². The Kier molecular flexibility index (Phi) is 5.55. The van der Waals surface area contributed by atoms with E-state index < -0.39 is 0 Å². The Balaban J connectivity index is 1.92. The van der Waals surface area contributed by atoms with Crippen LogP contribution in [0.5, 0.6) is 0 Å². The molecule has 114 valence electrons. The third kappa shape index (κ3) is 4.25. The molecule has 2 heterocycles. The maximum atomic E-state index is 5.68. The summed E-state index contributed by atoms with van der Waals surface area (Å²) in [4.78, 5) is 8.12. The number of nitrogens with one attached hydrogen (secondary N) is 1. The van der Waals surface area contributed by atoms with Crippen molar-refractivity contribution in [3.05, 3.63) is 16.1 Å². The molecule has 1 atom stereocenters. The molecular weight excluding hydrogens is 270 g/mol. The van der Waals surface area contributed by atoms with Crippen LogP contribution in [0.25, 0.3) is 0 Å². The second-order valence-electron chi connectivity index (χ2n) is 6.37. The van der Waals surface area contributed by atoms with Gasteiger partial charge in [-0.2, -0.15) is 0 Å². The molecule has 1 fully saturated rings. The quantitative estimate of drug-likeness (QED) is 0.838. The number of hydrogen-bond acceptors (Lipinski definition) is 5. The summed E-state index contributed by atoms with van der Waals surface area (Å²) >= 11 is 1.75. The molecule has 4 nitrogen and oxygen atoms in total. The minimum atomic E-state index is 0.262. The highest BCUT2D eigenvalue weighted by Crippen LogP contribution is 2.29. The fourth-order valence-corrected chi connectivity index (χ4v) is 3.60. The van der Waals surface area contributed by atoms with Crippen molar-refractivity contribution >= 4 is 11.3 Å². The molecule has 0 saturated carbocycles. The molecular formula is C15H27N3OS. The van der Waals surface area contributed by atoms with Crippen LogP contribution in [0.15, 0.2) is 5.51 Å². The zero-order valence-corrected chi connectivity index (χ0v) is 13.9. The summed E-state index contributed by atoms with van der Waals surface area (Å²) in [7, 11) is 2.20. The van der Waals surface area contributed by atoms with Gasteiger partial charge in [0.15, 0.2) is 0 Å². The summed E-state index contributed by atoms with van der Waals surface area (Å²) < 4.78 is 5.68. The van der Waals surface area contributed by atoms with E-state index in [9.17, 15) is 0 Å². The third-order valence-corrected chi connectivity index (χ3v) is 4.85. The van der Waals surface area contributed by atoms with Crippen molar-refractivity contribution in [3.8, 4) is 0 Å². The number of ether oxygens (including phenoxy) is 1. The number of aromatic nitrogens is 1. The molecule has 1 aromatic rings. The predicted octanol–water partition coefficient (Wildman–Crippen LogP) is 2.29. The fourth-order valence-electron chi connectivity index (χ4n) is 2.74. The van der Waals surface area contributed by atoms with Crippen LogP contribution in [-0.2, 0) is 11.3 Å². The molecule has 1 aliphatic rings. The molecule has 20 heavy (non-hydrogen) atoms. The Morgan fingerprint density at radius 2 is 2.35 bits per heavy atom. The van der Waals surface area contributed by atoms with Crippen molar-refractivity contribution in [2.45, 2.75) is 39.8 Å². The Hall–Kier alpha value is -0.490. The van der Waals surface area contributed by atoms with Crippen molar-refractivity contribution in [2.24, 2.45) is 5.41 Å². The molecule has 1 unspecified atom stereocenters. The summed E-state index contributed by atoms with van der Waals surface area (Å²) in [5.41, 5.74) is 3.36. The minimum absolute atomic E-state index is 0.262. The van der Waals surface area contributed by atoms with E-state index in [1.54, 1.807) is 11.3 Å². The van der Waals surface area contributed by atoms with Crippen LogP contribution in [0.3, 0.4) is 0 Å². The van der Waals surface area contributed by atoms with Gasteiger partial charge in [0.25, 0.3) is 0 Å². The Morgan fingerprint density at radius 3 is 2.90 bits per heavy atom. The lowest BCUT2D eigenvalue weighted by atomic mass is 9.86. The predicted molar refractivity (Wildman–Crippen MR) is 84.2 cm³/mol. The summed E-state index contributed by atoms with van der Waals surface area (Å²) in [6, 6.07) is 0.529. The van der Waals surface area contributed by atoms with E-state index in [2.05, 4.69) is 43.0 Å². The first kappa shape index (κ1) is 15.9. The number of hydrogen-bond donors (Lipinski definition) is 1. The second-order valence-corrected chi connectivity index (χ2v) is 7.31. The average molecular weight is 297 g/mol. The van der Waals surface area contributed by atoms with Gasteiger partial charge in [-0.25, -0.2) is 4.98 Å². The summed E-state index contributed by atoms with van der Waals surface area (Å²) in [6.45, 7) is 11.4. The lowest BCUT2D eigenvalue weighted by Crippen LogP contribution is -2.45. The van der Waals surface area contributed by atoms with E-state index in [4.69, 9.17) is 4.74 Å². The van der Waals surface area contributed by atoms with Crippen LogP contribution in [0.4, 0.5) is 0 Å². The van der Waals surface area contributed by atoms with Gasteiger partial charge in [0.05, 0.1) is 17.8 Å². The van der Waals surface area contributed by atoms with Crippen molar-refractivity contribution in [1.82, 2.24) is 15.2 Å². The molecule has 1 aromatic heterocycles. The molecule has 0 aliphatic carbocycles. The van der Waals surface area contributed by atoms with E-state index in [0.717, 1.165) is 39.3 Å². The summed E-state index contributed by atoms with van der Waals surface area (Å²) in [5, 5.41) is 3.59. The van der Waals surface area contributed by atoms with Crippen molar-refractivity contribution < 1.29 is 4.74 Å². The van der Waals surface area contributed by atoms with E-state index in [0.29, 0.717) is 6.04 Å². The standard InChI is InChI=1S/C15H27N3OS/c1-12(2)16-8-15(5-6-19-10-15)9-18(4)7-14-13(3)17-11-20-14/h11-12,16H,5-10H2,1-4H3. The summed E-state index contributed by atoms with van der Waals surface area (Å²) in [6.07, 6.45) is 1.15. The maximum Gasteiger partial charge on any atom is 0.0798 e. The fraction of sp³-hybridized carbons (Fsp3) is 0.800. The topological polar surface area (TPSA) is 37.4 Å². The minimum Gasteiger partial charge on any atom is -0.381 e. The smallest absolute Gasteiger partial charge is 0.0798 e. The van der Waals surface area contributed by atoms with Crippen LogP contribution in [0, 0.1) is 12.3 Å². The lowest BCUT2D eigenvalue weighted by molar-refractivity contribution is 0.115. The van der Waals surface area contributed by atoms with Gasteiger partial charge < -0.3 is 15.0 Å². The van der Waals surface area contributed by atoms with Gasteiger partial charge in [-0.3, -0.25) is 0 Å². The third-order valence-electron chi connectivity index (χ3n) is 3.93. The number of rotatable bonds is 7. The van der Waals surface area contributed by atoms with Crippen molar-refractivity contribution in [2.75, 3.05) is 33.4 Å². The van der Waals surface area contributed by atoms with E-state index in [1.165, 1.54) is 10.6 Å². The number of thiazole rings is 1. The molecule has 0 radical (unpaired) electrons. The van der Waals surface area contributed by atoms with E-state index in [1.807, 2.05) is 5.51 Å². The number of aryl methyl sites for hydroxylation is 1. The van der Waals surface area contributed by atoms with Crippen molar-refractivity contribution in [1.29, 1.82) is 0 Å². The van der Waals surface area contributed by atoms with Crippen LogP contribution in [-0.4, -0.2) is 49.3 Å². The first-order valence-electron chi connectivity index (χ1n) is 7.39. The van der Waals surface area contributed by atoms with Gasteiger partial charge in [0.1, 0.15) is 0 Å². The summed E-state index contributed by atoms with van der Waals surface area (Å²) in [5.74, 6) is 0. The average Bonchev–Trinajstić information content (AvgIpc) is 2.98. The number of nitrogens with zero attached hydrogens (tertiary/aromatic N) is 2. The molecule has 0 spiro atoms. The molecule has 1 N–H and O–H groups in total. The van der Waals surface area contributed by atoms with E-state index in [-0.39, 0.29) is 5.41 Å². The molecule has 0 aromatic carbocycles. The molecule has 0 bridgehead atoms. The van der Waals surface area contributed by atoms with E-state index >= 15 is 0 Å². The van der Waals surface area contributed by atoms with Crippen molar-refractivity contribution in [3.63, 3.8) is 0 Å². The molecule has 2 rings (SSSR count). The van der Waals surface area contributed by atoms with Crippen LogP contribution in [0.1, 0.15) is 30.8 Å².